The van der Waals surface area contributed by atoms with Crippen LogP contribution in [0.3, 0.4) is 0 Å². The Labute approximate surface area is 180 Å². The summed E-state index contributed by atoms with van der Waals surface area (Å²) < 4.78 is 75.9. The number of hydrogen-bond donors (Lipinski definition) is 10. The number of ether oxygens (including phenoxy) is 2. The van der Waals surface area contributed by atoms with E-state index in [-0.39, 0.29) is 0 Å². The van der Waals surface area contributed by atoms with Gasteiger partial charge >= 0.3 is 20.8 Å². The number of rotatable bonds is 6. The third kappa shape index (κ3) is 8.60. The van der Waals surface area contributed by atoms with Crippen LogP contribution in [0.1, 0.15) is 0 Å². The molecule has 0 aliphatic carbocycles. The maximum absolute atomic E-state index is 10.6. The lowest BCUT2D eigenvalue weighted by molar-refractivity contribution is -0.286. The highest BCUT2D eigenvalue weighted by Gasteiger charge is 2.47. The molecular formula is C12H24O18S2. The highest BCUT2D eigenvalue weighted by molar-refractivity contribution is 7.81. The molecule has 2 saturated heterocycles. The van der Waals surface area contributed by atoms with Crippen LogP contribution in [0.5, 0.6) is 0 Å². The van der Waals surface area contributed by atoms with Gasteiger partial charge in [-0.1, -0.05) is 0 Å². The summed E-state index contributed by atoms with van der Waals surface area (Å²) in [5.74, 6) is 0. The zero-order valence-corrected chi connectivity index (χ0v) is 17.4. The van der Waals surface area contributed by atoms with Crippen molar-refractivity contribution in [2.24, 2.45) is 0 Å². The SMILES string of the molecule is O=S(=O)(O)OC[C@H]1O[C@H](O)[C@H](O)[C@@H](O)[C@H]1OS(=O)(=O)O.OC[C@H]1O[C@@H](O)[C@H](O)[C@@H](O)[C@H]1O. The Bertz CT molecular complexity index is 781. The van der Waals surface area contributed by atoms with Crippen LogP contribution < -0.4 is 0 Å². The molecule has 192 valence electrons. The summed E-state index contributed by atoms with van der Waals surface area (Å²) >= 11 is 0. The molecule has 0 amide bonds. The van der Waals surface area contributed by atoms with E-state index in [9.17, 15) is 32.2 Å². The van der Waals surface area contributed by atoms with Crippen LogP contribution >= 0.6 is 0 Å². The van der Waals surface area contributed by atoms with Crippen LogP contribution in [0.25, 0.3) is 0 Å². The number of hydrogen-bond acceptors (Lipinski definition) is 16. The second-order valence-electron chi connectivity index (χ2n) is 6.47. The molecule has 2 fully saturated rings. The van der Waals surface area contributed by atoms with Gasteiger partial charge < -0.3 is 50.3 Å². The fourth-order valence-corrected chi connectivity index (χ4v) is 3.37. The van der Waals surface area contributed by atoms with Crippen LogP contribution in [0, 0.1) is 0 Å². The van der Waals surface area contributed by atoms with E-state index in [1.807, 2.05) is 0 Å². The Morgan fingerprint density at radius 2 is 1.12 bits per heavy atom. The Kier molecular flexibility index (Phi) is 10.7. The summed E-state index contributed by atoms with van der Waals surface area (Å²) in [6, 6.07) is 0. The quantitative estimate of drug-likeness (QED) is 0.145. The zero-order valence-electron chi connectivity index (χ0n) is 15.7. The molecule has 0 saturated carbocycles. The maximum atomic E-state index is 10.6. The molecule has 10 atom stereocenters. The van der Waals surface area contributed by atoms with Crippen molar-refractivity contribution in [1.82, 2.24) is 0 Å². The fraction of sp³-hybridized carbons (Fsp3) is 1.00. The molecule has 32 heavy (non-hydrogen) atoms. The van der Waals surface area contributed by atoms with Gasteiger partial charge in [0.15, 0.2) is 12.6 Å². The zero-order chi connectivity index (χ0) is 25.0. The molecule has 2 aliphatic rings. The minimum absolute atomic E-state index is 0.526. The second kappa shape index (κ2) is 11.7. The van der Waals surface area contributed by atoms with Gasteiger partial charge in [0.25, 0.3) is 0 Å². The van der Waals surface area contributed by atoms with Crippen molar-refractivity contribution in [3.05, 3.63) is 0 Å². The van der Waals surface area contributed by atoms with E-state index in [2.05, 4.69) is 17.8 Å². The van der Waals surface area contributed by atoms with Crippen molar-refractivity contribution >= 4 is 20.8 Å². The van der Waals surface area contributed by atoms with Crippen molar-refractivity contribution < 1.29 is 84.6 Å². The normalized spacial score (nSPS) is 40.9. The first-order valence-electron chi connectivity index (χ1n) is 8.44. The summed E-state index contributed by atoms with van der Waals surface area (Å²) in [7, 11) is -10.00. The van der Waals surface area contributed by atoms with E-state index in [4.69, 9.17) is 34.6 Å². The van der Waals surface area contributed by atoms with Gasteiger partial charge in [-0.15, -0.1) is 0 Å². The second-order valence-corrected chi connectivity index (χ2v) is 8.61. The average Bonchev–Trinajstić information content (AvgIpc) is 2.67. The molecular weight excluding hydrogens is 496 g/mol. The van der Waals surface area contributed by atoms with Crippen LogP contribution in [-0.2, 0) is 38.6 Å². The van der Waals surface area contributed by atoms with Crippen molar-refractivity contribution in [1.29, 1.82) is 0 Å². The van der Waals surface area contributed by atoms with Gasteiger partial charge in [0.05, 0.1) is 13.2 Å². The molecule has 2 rings (SSSR count). The molecule has 0 aromatic rings. The lowest BCUT2D eigenvalue weighted by atomic mass is 9.99. The summed E-state index contributed by atoms with van der Waals surface area (Å²) in [5.41, 5.74) is 0. The first kappa shape index (κ1) is 29.4. The van der Waals surface area contributed by atoms with Crippen molar-refractivity contribution in [3.8, 4) is 0 Å². The standard InChI is InChI=1S/C6H12O12S2.C6H12O6/c7-3-4(8)6(9)17-2(1-16-19(10,11)12)5(3)18-20(13,14)15;7-1-2-3(8)4(9)5(10)6(11)12-2/h2-9H,1H2,(H,10,11,12)(H,13,14,15);2-11H,1H2/t2-,3-,4-,5+,6+;2-,3+,4+,5-,6-/m11/s1. The highest BCUT2D eigenvalue weighted by atomic mass is 32.3. The molecule has 0 aromatic heterocycles. The molecule has 2 heterocycles. The predicted molar refractivity (Wildman–Crippen MR) is 92.8 cm³/mol. The monoisotopic (exact) mass is 520 g/mol. The first-order chi connectivity index (χ1) is 14.5. The maximum Gasteiger partial charge on any atom is 0.397 e. The van der Waals surface area contributed by atoms with Crippen LogP contribution in [0.2, 0.25) is 0 Å². The molecule has 0 aromatic carbocycles. The lowest BCUT2D eigenvalue weighted by Gasteiger charge is -2.39. The molecule has 2 aliphatic heterocycles. The highest BCUT2D eigenvalue weighted by Crippen LogP contribution is 2.24. The Balaban J connectivity index is 0.000000363. The van der Waals surface area contributed by atoms with Gasteiger partial charge in [0.2, 0.25) is 0 Å². The molecule has 0 bridgehead atoms. The van der Waals surface area contributed by atoms with E-state index in [0.717, 1.165) is 0 Å². The van der Waals surface area contributed by atoms with Gasteiger partial charge in [0.1, 0.15) is 48.8 Å². The van der Waals surface area contributed by atoms with Gasteiger partial charge in [-0.05, 0) is 0 Å². The van der Waals surface area contributed by atoms with E-state index in [1.165, 1.54) is 0 Å². The van der Waals surface area contributed by atoms with Crippen molar-refractivity contribution in [2.45, 2.75) is 61.4 Å². The topological polar surface area (TPSA) is 308 Å². The van der Waals surface area contributed by atoms with Crippen molar-refractivity contribution in [2.75, 3.05) is 13.2 Å². The van der Waals surface area contributed by atoms with Gasteiger partial charge in [-0.25, -0.2) is 8.37 Å². The summed E-state index contributed by atoms with van der Waals surface area (Å²) in [6.45, 7) is -1.58. The summed E-state index contributed by atoms with van der Waals surface area (Å²) in [4.78, 5) is 0. The summed E-state index contributed by atoms with van der Waals surface area (Å²) in [6.07, 6.45) is -16.8. The molecule has 18 nitrogen and oxygen atoms in total. The molecule has 0 unspecified atom stereocenters. The molecule has 20 heteroatoms. The van der Waals surface area contributed by atoms with Crippen LogP contribution in [0.15, 0.2) is 0 Å². The molecule has 10 N–H and O–H groups in total. The Hall–Kier alpha value is -0.660. The van der Waals surface area contributed by atoms with E-state index >= 15 is 0 Å². The van der Waals surface area contributed by atoms with Crippen LogP contribution in [-0.4, -0.2) is 141 Å². The van der Waals surface area contributed by atoms with E-state index in [1.54, 1.807) is 0 Å². The molecule has 0 radical (unpaired) electrons. The van der Waals surface area contributed by atoms with E-state index in [0.29, 0.717) is 0 Å². The first-order valence-corrected chi connectivity index (χ1v) is 11.2. The molecule has 0 spiro atoms. The van der Waals surface area contributed by atoms with Crippen molar-refractivity contribution in [3.63, 3.8) is 0 Å². The largest absolute Gasteiger partial charge is 0.397 e. The lowest BCUT2D eigenvalue weighted by Crippen LogP contribution is -2.60. The predicted octanol–water partition coefficient (Wildman–Crippen LogP) is -6.79. The summed E-state index contributed by atoms with van der Waals surface area (Å²) in [5, 5.41) is 72.6. The minimum atomic E-state index is -5.08. The minimum Gasteiger partial charge on any atom is -0.394 e. The van der Waals surface area contributed by atoms with Crippen LogP contribution in [0.4, 0.5) is 0 Å². The van der Waals surface area contributed by atoms with Gasteiger partial charge in [-0.2, -0.15) is 16.8 Å². The Morgan fingerprint density at radius 3 is 1.56 bits per heavy atom. The third-order valence-corrected chi connectivity index (χ3v) is 5.04. The Morgan fingerprint density at radius 1 is 0.656 bits per heavy atom. The smallest absolute Gasteiger partial charge is 0.394 e. The third-order valence-electron chi connectivity index (χ3n) is 4.14. The van der Waals surface area contributed by atoms with Gasteiger partial charge in [0, 0.05) is 0 Å². The number of aliphatic hydroxyl groups is 8. The van der Waals surface area contributed by atoms with E-state index < -0.39 is 95.4 Å². The van der Waals surface area contributed by atoms with Gasteiger partial charge in [-0.3, -0.25) is 9.11 Å². The number of aliphatic hydroxyl groups excluding tert-OH is 8. The fourth-order valence-electron chi connectivity index (χ4n) is 2.55. The average molecular weight is 520 g/mol.